The lowest BCUT2D eigenvalue weighted by molar-refractivity contribution is -0.121. The molecule has 0 saturated carbocycles. The van der Waals surface area contributed by atoms with Gasteiger partial charge in [0.2, 0.25) is 17.4 Å². The number of hydrogen-bond acceptors (Lipinski definition) is 7. The molecule has 1 amide bonds. The minimum Gasteiger partial charge on any atom is -0.493 e. The van der Waals surface area contributed by atoms with Crippen LogP contribution in [0.25, 0.3) is 0 Å². The molecule has 0 bridgehead atoms. The lowest BCUT2D eigenvalue weighted by Gasteiger charge is -2.19. The average Bonchev–Trinajstić information content (AvgIpc) is 2.76. The average molecular weight is 419 g/mol. The highest BCUT2D eigenvalue weighted by molar-refractivity contribution is 5.79. The molecule has 0 aliphatic rings. The highest BCUT2D eigenvalue weighted by atomic mass is 16.5. The molecular weight excluding hydrogens is 390 g/mol. The van der Waals surface area contributed by atoms with Crippen LogP contribution in [-0.4, -0.2) is 48.6 Å². The summed E-state index contributed by atoms with van der Waals surface area (Å²) in [6, 6.07) is 6.85. The number of rotatable bonds is 10. The van der Waals surface area contributed by atoms with E-state index >= 15 is 0 Å². The number of carbonyl (C=O) groups is 1. The third-order valence-corrected chi connectivity index (χ3v) is 4.65. The van der Waals surface area contributed by atoms with Gasteiger partial charge in [0.05, 0.1) is 55.1 Å². The van der Waals surface area contributed by atoms with E-state index in [4.69, 9.17) is 28.4 Å². The van der Waals surface area contributed by atoms with Gasteiger partial charge in [-0.1, -0.05) is 0 Å². The second kappa shape index (κ2) is 10.5. The summed E-state index contributed by atoms with van der Waals surface area (Å²) in [5.74, 6) is 2.87. The first kappa shape index (κ1) is 23.0. The Hall–Kier alpha value is -3.29. The molecule has 1 unspecified atom stereocenters. The maximum absolute atomic E-state index is 12.7. The van der Waals surface area contributed by atoms with Crippen molar-refractivity contribution in [3.63, 3.8) is 0 Å². The van der Waals surface area contributed by atoms with Gasteiger partial charge in [-0.15, -0.1) is 0 Å². The van der Waals surface area contributed by atoms with E-state index in [0.29, 0.717) is 34.5 Å². The van der Waals surface area contributed by atoms with Gasteiger partial charge in [-0.2, -0.15) is 0 Å². The highest BCUT2D eigenvalue weighted by Crippen LogP contribution is 2.40. The molecular formula is C22H29NO7. The summed E-state index contributed by atoms with van der Waals surface area (Å²) in [7, 11) is 9.25. The van der Waals surface area contributed by atoms with Gasteiger partial charge in [-0.25, -0.2) is 0 Å². The van der Waals surface area contributed by atoms with Gasteiger partial charge >= 0.3 is 0 Å². The van der Waals surface area contributed by atoms with Crippen molar-refractivity contribution < 1.29 is 33.2 Å². The van der Waals surface area contributed by atoms with Crippen molar-refractivity contribution in [1.29, 1.82) is 0 Å². The molecule has 0 aromatic heterocycles. The normalized spacial score (nSPS) is 11.3. The molecule has 164 valence electrons. The summed E-state index contributed by atoms with van der Waals surface area (Å²) >= 11 is 0. The number of ether oxygens (including phenoxy) is 6. The van der Waals surface area contributed by atoms with E-state index in [1.54, 1.807) is 33.5 Å². The van der Waals surface area contributed by atoms with Crippen molar-refractivity contribution in [2.24, 2.45) is 0 Å². The molecule has 30 heavy (non-hydrogen) atoms. The third kappa shape index (κ3) is 5.00. The first-order valence-corrected chi connectivity index (χ1v) is 9.30. The lowest BCUT2D eigenvalue weighted by atomic mass is 10.1. The number of methoxy groups -OCH3 is 6. The van der Waals surface area contributed by atoms with E-state index in [1.807, 2.05) is 19.1 Å². The largest absolute Gasteiger partial charge is 0.493 e. The fourth-order valence-corrected chi connectivity index (χ4v) is 3.15. The zero-order valence-electron chi connectivity index (χ0n) is 18.5. The Bertz CT molecular complexity index is 832. The molecule has 0 radical (unpaired) electrons. The van der Waals surface area contributed by atoms with E-state index in [-0.39, 0.29) is 18.4 Å². The number of nitrogens with one attached hydrogen (secondary N) is 1. The van der Waals surface area contributed by atoms with Crippen LogP contribution < -0.4 is 33.7 Å². The van der Waals surface area contributed by atoms with E-state index in [2.05, 4.69) is 5.32 Å². The molecule has 0 aliphatic carbocycles. The quantitative estimate of drug-likeness (QED) is 0.633. The molecule has 0 saturated heterocycles. The van der Waals surface area contributed by atoms with Crippen LogP contribution in [0.4, 0.5) is 0 Å². The summed E-state index contributed by atoms with van der Waals surface area (Å²) in [5.41, 5.74) is 1.56. The molecule has 1 atom stereocenters. The van der Waals surface area contributed by atoms with Crippen LogP contribution in [0.15, 0.2) is 24.3 Å². The van der Waals surface area contributed by atoms with Gasteiger partial charge in [0, 0.05) is 0 Å². The minimum atomic E-state index is -0.284. The molecule has 0 spiro atoms. The number of carbonyl (C=O) groups excluding carboxylic acids is 1. The van der Waals surface area contributed by atoms with Gasteiger partial charge in [0.25, 0.3) is 0 Å². The molecule has 1 N–H and O–H groups in total. The van der Waals surface area contributed by atoms with E-state index in [0.717, 1.165) is 11.1 Å². The van der Waals surface area contributed by atoms with E-state index in [9.17, 15) is 4.79 Å². The molecule has 2 rings (SSSR count). The third-order valence-electron chi connectivity index (χ3n) is 4.65. The zero-order valence-corrected chi connectivity index (χ0v) is 18.5. The van der Waals surface area contributed by atoms with E-state index in [1.165, 1.54) is 21.3 Å². The number of amides is 1. The molecule has 8 heteroatoms. The van der Waals surface area contributed by atoms with Crippen molar-refractivity contribution in [2.75, 3.05) is 42.7 Å². The highest BCUT2D eigenvalue weighted by Gasteiger charge is 2.19. The van der Waals surface area contributed by atoms with Crippen molar-refractivity contribution in [2.45, 2.75) is 19.4 Å². The van der Waals surface area contributed by atoms with Crippen molar-refractivity contribution in [1.82, 2.24) is 5.32 Å². The summed E-state index contributed by atoms with van der Waals surface area (Å²) in [6.45, 7) is 1.88. The van der Waals surface area contributed by atoms with Gasteiger partial charge in [0.1, 0.15) is 0 Å². The first-order chi connectivity index (χ1) is 14.4. The first-order valence-electron chi connectivity index (χ1n) is 9.30. The molecule has 0 fully saturated rings. The smallest absolute Gasteiger partial charge is 0.224 e. The van der Waals surface area contributed by atoms with Crippen LogP contribution in [0.3, 0.4) is 0 Å². The van der Waals surface area contributed by atoms with Crippen molar-refractivity contribution in [3.8, 4) is 34.5 Å². The van der Waals surface area contributed by atoms with Gasteiger partial charge in [0.15, 0.2) is 23.0 Å². The lowest BCUT2D eigenvalue weighted by Crippen LogP contribution is -2.28. The van der Waals surface area contributed by atoms with E-state index < -0.39 is 0 Å². The number of benzene rings is 2. The van der Waals surface area contributed by atoms with Crippen LogP contribution in [0.5, 0.6) is 34.5 Å². The standard InChI is InChI=1S/C22H29NO7/c1-13(15-11-18(27-4)22(30-7)19(12-15)28-5)23-20(24)10-14-8-16(25-2)21(29-6)17(9-14)26-3/h8-9,11-13H,10H2,1-7H3,(H,23,24). The van der Waals surface area contributed by atoms with Crippen molar-refractivity contribution >= 4 is 5.91 Å². The Balaban J connectivity index is 2.21. The Kier molecular flexibility index (Phi) is 8.03. The minimum absolute atomic E-state index is 0.144. The van der Waals surface area contributed by atoms with Gasteiger partial charge in [-0.05, 0) is 42.3 Å². The zero-order chi connectivity index (χ0) is 22.3. The molecule has 2 aromatic carbocycles. The van der Waals surface area contributed by atoms with Crippen molar-refractivity contribution in [3.05, 3.63) is 35.4 Å². The Labute approximate surface area is 177 Å². The monoisotopic (exact) mass is 419 g/mol. The SMILES string of the molecule is COc1cc(CC(=O)NC(C)c2cc(OC)c(OC)c(OC)c2)cc(OC)c1OC. The molecule has 0 heterocycles. The summed E-state index contributed by atoms with van der Waals surface area (Å²) in [4.78, 5) is 12.7. The van der Waals surface area contributed by atoms with Crippen LogP contribution in [0, 0.1) is 0 Å². The maximum Gasteiger partial charge on any atom is 0.224 e. The Morgan fingerprint density at radius 1 is 0.733 bits per heavy atom. The second-order valence-corrected chi connectivity index (χ2v) is 6.46. The molecule has 0 aliphatic heterocycles. The molecule has 2 aromatic rings. The molecule has 8 nitrogen and oxygen atoms in total. The van der Waals surface area contributed by atoms with Crippen LogP contribution in [0.2, 0.25) is 0 Å². The Morgan fingerprint density at radius 2 is 1.13 bits per heavy atom. The fraction of sp³-hybridized carbons (Fsp3) is 0.409. The topological polar surface area (TPSA) is 84.5 Å². The maximum atomic E-state index is 12.7. The predicted molar refractivity (Wildman–Crippen MR) is 112 cm³/mol. The predicted octanol–water partition coefficient (Wildman–Crippen LogP) is 3.16. The summed E-state index contributed by atoms with van der Waals surface area (Å²) in [6.07, 6.45) is 0.144. The van der Waals surface area contributed by atoms with Crippen LogP contribution in [-0.2, 0) is 11.2 Å². The van der Waals surface area contributed by atoms with Gasteiger partial charge < -0.3 is 33.7 Å². The number of hydrogen-bond donors (Lipinski definition) is 1. The van der Waals surface area contributed by atoms with Crippen LogP contribution >= 0.6 is 0 Å². The van der Waals surface area contributed by atoms with Crippen LogP contribution in [0.1, 0.15) is 24.1 Å². The second-order valence-electron chi connectivity index (χ2n) is 6.46. The van der Waals surface area contributed by atoms with Gasteiger partial charge in [-0.3, -0.25) is 4.79 Å². The summed E-state index contributed by atoms with van der Waals surface area (Å²) < 4.78 is 32.1. The fourth-order valence-electron chi connectivity index (χ4n) is 3.15. The summed E-state index contributed by atoms with van der Waals surface area (Å²) in [5, 5.41) is 2.98. The Morgan fingerprint density at radius 3 is 1.50 bits per heavy atom.